The van der Waals surface area contributed by atoms with Crippen LogP contribution in [0.25, 0.3) is 0 Å². The molecule has 1 aromatic rings. The first-order valence-corrected chi connectivity index (χ1v) is 6.62. The van der Waals surface area contributed by atoms with E-state index in [2.05, 4.69) is 35.1 Å². The molecule has 0 bridgehead atoms. The SMILES string of the molecule is O=COCCOC1CCC(c2ccccc2)CC1. The van der Waals surface area contributed by atoms with Crippen LogP contribution in [0.2, 0.25) is 0 Å². The van der Waals surface area contributed by atoms with Crippen LogP contribution in [0.4, 0.5) is 0 Å². The van der Waals surface area contributed by atoms with Gasteiger partial charge < -0.3 is 9.47 Å². The van der Waals surface area contributed by atoms with Gasteiger partial charge in [-0.3, -0.25) is 4.79 Å². The number of carbonyl (C=O) groups excluding carboxylic acids is 1. The van der Waals surface area contributed by atoms with Crippen molar-refractivity contribution >= 4 is 6.47 Å². The maximum atomic E-state index is 9.98. The van der Waals surface area contributed by atoms with Gasteiger partial charge >= 0.3 is 0 Å². The van der Waals surface area contributed by atoms with E-state index in [0.717, 1.165) is 12.8 Å². The second kappa shape index (κ2) is 7.17. The van der Waals surface area contributed by atoms with Crippen LogP contribution >= 0.6 is 0 Å². The molecule has 0 aromatic heterocycles. The Labute approximate surface area is 108 Å². The smallest absolute Gasteiger partial charge is 0.293 e. The third kappa shape index (κ3) is 3.84. The molecule has 1 aliphatic rings. The lowest BCUT2D eigenvalue weighted by atomic mass is 9.83. The van der Waals surface area contributed by atoms with Gasteiger partial charge in [-0.25, -0.2) is 0 Å². The summed E-state index contributed by atoms with van der Waals surface area (Å²) in [5.74, 6) is 0.678. The van der Waals surface area contributed by atoms with Crippen molar-refractivity contribution in [1.29, 1.82) is 0 Å². The minimum atomic E-state index is 0.334. The summed E-state index contributed by atoms with van der Waals surface area (Å²) in [6.45, 7) is 1.34. The molecule has 0 aliphatic heterocycles. The van der Waals surface area contributed by atoms with Crippen LogP contribution in [0.1, 0.15) is 37.2 Å². The van der Waals surface area contributed by atoms with E-state index >= 15 is 0 Å². The van der Waals surface area contributed by atoms with Gasteiger partial charge in [0, 0.05) is 0 Å². The van der Waals surface area contributed by atoms with Gasteiger partial charge in [0.2, 0.25) is 0 Å². The average molecular weight is 248 g/mol. The average Bonchev–Trinajstić information content (AvgIpc) is 2.45. The van der Waals surface area contributed by atoms with Crippen LogP contribution in [0.5, 0.6) is 0 Å². The van der Waals surface area contributed by atoms with E-state index in [4.69, 9.17) is 4.74 Å². The summed E-state index contributed by atoms with van der Waals surface area (Å²) >= 11 is 0. The van der Waals surface area contributed by atoms with Gasteiger partial charge in [-0.1, -0.05) is 30.3 Å². The van der Waals surface area contributed by atoms with E-state index in [9.17, 15) is 4.79 Å². The molecule has 1 aliphatic carbocycles. The maximum Gasteiger partial charge on any atom is 0.293 e. The van der Waals surface area contributed by atoms with E-state index in [0.29, 0.717) is 31.7 Å². The molecule has 98 valence electrons. The fourth-order valence-electron chi connectivity index (χ4n) is 2.60. The van der Waals surface area contributed by atoms with Crippen LogP contribution in [0, 0.1) is 0 Å². The molecule has 0 heterocycles. The van der Waals surface area contributed by atoms with Gasteiger partial charge in [0.1, 0.15) is 6.61 Å². The third-order valence-corrected chi connectivity index (χ3v) is 3.57. The monoisotopic (exact) mass is 248 g/mol. The van der Waals surface area contributed by atoms with Crippen molar-refractivity contribution in [1.82, 2.24) is 0 Å². The number of hydrogen-bond donors (Lipinski definition) is 0. The van der Waals surface area contributed by atoms with Crippen molar-refractivity contribution in [2.45, 2.75) is 37.7 Å². The summed E-state index contributed by atoms with van der Waals surface area (Å²) in [4.78, 5) is 9.98. The number of benzene rings is 1. The molecular weight excluding hydrogens is 228 g/mol. The molecule has 3 heteroatoms. The number of carbonyl (C=O) groups is 1. The fraction of sp³-hybridized carbons (Fsp3) is 0.533. The Bertz CT molecular complexity index is 342. The number of hydrogen-bond acceptors (Lipinski definition) is 3. The lowest BCUT2D eigenvalue weighted by molar-refractivity contribution is -0.131. The Morgan fingerprint density at radius 2 is 1.78 bits per heavy atom. The Morgan fingerprint density at radius 3 is 2.44 bits per heavy atom. The predicted octanol–water partition coefficient (Wildman–Crippen LogP) is 2.90. The van der Waals surface area contributed by atoms with Crippen molar-refractivity contribution in [2.24, 2.45) is 0 Å². The second-order valence-electron chi connectivity index (χ2n) is 4.72. The summed E-state index contributed by atoms with van der Waals surface area (Å²) in [5.41, 5.74) is 1.44. The Balaban J connectivity index is 1.70. The largest absolute Gasteiger partial charge is 0.465 e. The molecule has 1 aromatic carbocycles. The van der Waals surface area contributed by atoms with Crippen molar-refractivity contribution in [3.8, 4) is 0 Å². The minimum Gasteiger partial charge on any atom is -0.465 e. The second-order valence-corrected chi connectivity index (χ2v) is 4.72. The molecule has 0 spiro atoms. The molecule has 18 heavy (non-hydrogen) atoms. The lowest BCUT2D eigenvalue weighted by Crippen LogP contribution is -2.22. The van der Waals surface area contributed by atoms with Crippen molar-refractivity contribution in [2.75, 3.05) is 13.2 Å². The van der Waals surface area contributed by atoms with Gasteiger partial charge in [0.05, 0.1) is 12.7 Å². The van der Waals surface area contributed by atoms with Crippen molar-refractivity contribution < 1.29 is 14.3 Å². The van der Waals surface area contributed by atoms with Crippen molar-refractivity contribution in [3.63, 3.8) is 0 Å². The first-order chi connectivity index (χ1) is 8.90. The fourth-order valence-corrected chi connectivity index (χ4v) is 2.60. The highest BCUT2D eigenvalue weighted by Crippen LogP contribution is 2.33. The Kier molecular flexibility index (Phi) is 5.21. The van der Waals surface area contributed by atoms with Gasteiger partial charge in [-0.05, 0) is 37.2 Å². The van der Waals surface area contributed by atoms with Gasteiger partial charge in [-0.15, -0.1) is 0 Å². The first-order valence-electron chi connectivity index (χ1n) is 6.62. The van der Waals surface area contributed by atoms with Crippen LogP contribution in [0.3, 0.4) is 0 Å². The zero-order chi connectivity index (χ0) is 12.6. The maximum absolute atomic E-state index is 9.98. The first kappa shape index (κ1) is 13.1. The van der Waals surface area contributed by atoms with Gasteiger partial charge in [-0.2, -0.15) is 0 Å². The molecule has 2 rings (SSSR count). The summed E-state index contributed by atoms with van der Waals surface area (Å²) in [6, 6.07) is 10.7. The van der Waals surface area contributed by atoms with Gasteiger partial charge in [0.15, 0.2) is 0 Å². The normalized spacial score (nSPS) is 23.6. The molecule has 0 N–H and O–H groups in total. The number of rotatable bonds is 6. The van der Waals surface area contributed by atoms with Crippen LogP contribution in [-0.4, -0.2) is 25.8 Å². The predicted molar refractivity (Wildman–Crippen MR) is 69.4 cm³/mol. The molecule has 0 saturated heterocycles. The zero-order valence-corrected chi connectivity index (χ0v) is 10.6. The molecule has 1 saturated carbocycles. The highest BCUT2D eigenvalue weighted by Gasteiger charge is 2.22. The van der Waals surface area contributed by atoms with E-state index in [1.165, 1.54) is 18.4 Å². The topological polar surface area (TPSA) is 35.5 Å². The van der Waals surface area contributed by atoms with E-state index < -0.39 is 0 Å². The highest BCUT2D eigenvalue weighted by atomic mass is 16.5. The number of ether oxygens (including phenoxy) is 2. The molecule has 3 nitrogen and oxygen atoms in total. The molecule has 1 fully saturated rings. The Morgan fingerprint density at radius 1 is 1.06 bits per heavy atom. The summed E-state index contributed by atoms with van der Waals surface area (Å²) < 4.78 is 10.3. The molecule has 0 unspecified atom stereocenters. The zero-order valence-electron chi connectivity index (χ0n) is 10.6. The van der Waals surface area contributed by atoms with E-state index in [-0.39, 0.29) is 0 Å². The highest BCUT2D eigenvalue weighted by molar-refractivity contribution is 5.36. The third-order valence-electron chi connectivity index (χ3n) is 3.57. The quantitative estimate of drug-likeness (QED) is 0.573. The standard InChI is InChI=1S/C15H20O3/c16-12-17-10-11-18-15-8-6-14(7-9-15)13-4-2-1-3-5-13/h1-5,12,14-15H,6-11H2. The Hall–Kier alpha value is -1.35. The summed E-state index contributed by atoms with van der Waals surface area (Å²) in [6.07, 6.45) is 4.90. The lowest BCUT2D eigenvalue weighted by Gasteiger charge is -2.28. The van der Waals surface area contributed by atoms with Gasteiger partial charge in [0.25, 0.3) is 6.47 Å². The van der Waals surface area contributed by atoms with E-state index in [1.807, 2.05) is 0 Å². The molecule has 0 amide bonds. The van der Waals surface area contributed by atoms with Crippen molar-refractivity contribution in [3.05, 3.63) is 35.9 Å². The minimum absolute atomic E-state index is 0.334. The van der Waals surface area contributed by atoms with E-state index in [1.54, 1.807) is 0 Å². The summed E-state index contributed by atoms with van der Waals surface area (Å²) in [5, 5.41) is 0. The van der Waals surface area contributed by atoms with Crippen LogP contribution in [-0.2, 0) is 14.3 Å². The molecular formula is C15H20O3. The molecule has 0 atom stereocenters. The van der Waals surface area contributed by atoms with Crippen LogP contribution in [0.15, 0.2) is 30.3 Å². The van der Waals surface area contributed by atoms with Crippen LogP contribution < -0.4 is 0 Å². The molecule has 0 radical (unpaired) electrons. The summed E-state index contributed by atoms with van der Waals surface area (Å²) in [7, 11) is 0.